The molecule has 1 aliphatic rings. The zero-order valence-corrected chi connectivity index (χ0v) is 27.4. The molecule has 1 aromatic heterocycles. The van der Waals surface area contributed by atoms with Crippen LogP contribution in [0.1, 0.15) is 58.4 Å². The first-order valence-corrected chi connectivity index (χ1v) is 15.9. The van der Waals surface area contributed by atoms with Crippen molar-refractivity contribution in [3.8, 4) is 5.69 Å². The summed E-state index contributed by atoms with van der Waals surface area (Å²) in [6, 6.07) is 17.4. The fraction of sp³-hybridized carbons (Fsp3) is 0.333. The molecule has 5 rings (SSSR count). The van der Waals surface area contributed by atoms with Gasteiger partial charge in [0.2, 0.25) is 0 Å². The minimum atomic E-state index is -4.68. The molecule has 0 unspecified atom stereocenters. The zero-order chi connectivity index (χ0) is 35.3. The summed E-state index contributed by atoms with van der Waals surface area (Å²) in [5.41, 5.74) is 0.885. The normalized spacial score (nSPS) is 16.0. The first-order valence-electron chi connectivity index (χ1n) is 15.9. The second kappa shape index (κ2) is 14.9. The molecule has 1 aliphatic heterocycles. The summed E-state index contributed by atoms with van der Waals surface area (Å²) in [5.74, 6) is -2.39. The van der Waals surface area contributed by atoms with Crippen LogP contribution >= 0.6 is 0 Å². The van der Waals surface area contributed by atoms with Crippen molar-refractivity contribution >= 4 is 17.6 Å². The highest BCUT2D eigenvalue weighted by Gasteiger charge is 2.46. The smallest absolute Gasteiger partial charge is 0.339 e. The average molecular weight is 676 g/mol. The first-order chi connectivity index (χ1) is 23.4. The van der Waals surface area contributed by atoms with E-state index in [1.165, 1.54) is 35.2 Å². The van der Waals surface area contributed by atoms with Crippen LogP contribution in [0.2, 0.25) is 0 Å². The van der Waals surface area contributed by atoms with Crippen molar-refractivity contribution in [3.63, 3.8) is 0 Å². The highest BCUT2D eigenvalue weighted by molar-refractivity contribution is 6.05. The summed E-state index contributed by atoms with van der Waals surface area (Å²) >= 11 is 0. The van der Waals surface area contributed by atoms with Gasteiger partial charge in [-0.2, -0.15) is 29.8 Å². The van der Waals surface area contributed by atoms with E-state index in [9.17, 15) is 27.2 Å². The fourth-order valence-corrected chi connectivity index (χ4v) is 6.09. The highest BCUT2D eigenvalue weighted by atomic mass is 19.4. The third-order valence-corrected chi connectivity index (χ3v) is 8.44. The Labute approximate surface area is 282 Å². The Kier molecular flexibility index (Phi) is 10.7. The number of likely N-dealkylation sites (N-methyl/N-ethyl adjacent to an activating group) is 1. The van der Waals surface area contributed by atoms with E-state index in [-0.39, 0.29) is 18.7 Å². The fourth-order valence-electron chi connectivity index (χ4n) is 6.09. The molecule has 9 nitrogen and oxygen atoms in total. The molecule has 3 aromatic carbocycles. The van der Waals surface area contributed by atoms with Crippen LogP contribution in [-0.2, 0) is 17.5 Å². The summed E-state index contributed by atoms with van der Waals surface area (Å²) < 4.78 is 56.4. The van der Waals surface area contributed by atoms with Crippen molar-refractivity contribution in [1.29, 1.82) is 0 Å². The van der Waals surface area contributed by atoms with Crippen molar-refractivity contribution in [2.24, 2.45) is 0 Å². The third-order valence-electron chi connectivity index (χ3n) is 8.44. The maximum atomic E-state index is 14.4. The van der Waals surface area contributed by atoms with Crippen molar-refractivity contribution in [3.05, 3.63) is 124 Å². The number of hydrogen-bond acceptors (Lipinski definition) is 5. The van der Waals surface area contributed by atoms with Crippen LogP contribution < -0.4 is 10.2 Å². The van der Waals surface area contributed by atoms with Crippen LogP contribution in [0.15, 0.2) is 78.9 Å². The molecule has 2 heterocycles. The minimum absolute atomic E-state index is 0.0887. The summed E-state index contributed by atoms with van der Waals surface area (Å²) in [6.07, 6.45) is -3.06. The molecule has 256 valence electrons. The van der Waals surface area contributed by atoms with Crippen LogP contribution in [0.25, 0.3) is 10.6 Å². The lowest BCUT2D eigenvalue weighted by atomic mass is 9.80. The molecule has 0 fully saturated rings. The SMILES string of the molecule is [C-]#[N+]N(CCCCN(C)C)Cc1nn(-c2ccccc2)c2c1[C@H](c1ccc(F)cc1)[C@@H](NC(=O)c1cccc(C(F)(F)F)c1)C(=O)N2CC. The summed E-state index contributed by atoms with van der Waals surface area (Å²) in [5, 5.41) is 9.25. The lowest BCUT2D eigenvalue weighted by molar-refractivity contribution is -0.137. The van der Waals surface area contributed by atoms with E-state index >= 15 is 0 Å². The Hall–Kier alpha value is -5.22. The number of aromatic nitrogens is 2. The van der Waals surface area contributed by atoms with Gasteiger partial charge in [-0.05, 0) is 88.4 Å². The average Bonchev–Trinajstić information content (AvgIpc) is 3.45. The number of carbonyl (C=O) groups excluding carboxylic acids is 2. The quantitative estimate of drug-likeness (QED) is 0.0826. The van der Waals surface area contributed by atoms with Crippen LogP contribution in [0, 0.1) is 12.4 Å². The molecule has 0 radical (unpaired) electrons. The second-order valence-electron chi connectivity index (χ2n) is 12.1. The van der Waals surface area contributed by atoms with Gasteiger partial charge in [0, 0.05) is 23.6 Å². The van der Waals surface area contributed by atoms with E-state index < -0.39 is 41.3 Å². The van der Waals surface area contributed by atoms with Gasteiger partial charge in [-0.25, -0.2) is 9.07 Å². The zero-order valence-electron chi connectivity index (χ0n) is 27.4. The van der Waals surface area contributed by atoms with Gasteiger partial charge in [0.05, 0.1) is 23.5 Å². The number of rotatable bonds is 12. The van der Waals surface area contributed by atoms with Crippen LogP contribution in [-0.4, -0.2) is 71.3 Å². The second-order valence-corrected chi connectivity index (χ2v) is 12.1. The molecule has 13 heteroatoms. The predicted octanol–water partition coefficient (Wildman–Crippen LogP) is 6.31. The standard InChI is InChI=1S/C36H37F4N7O2/c1-5-46-34-31(29(43-47(34)28-14-7-6-8-15-28)23-45(41-2)21-10-9-20-44(3)4)30(24-16-18-27(37)19-17-24)32(35(46)49)42-33(48)25-12-11-13-26(22-25)36(38,39)40/h6-8,11-19,22,30,32H,5,9-10,20-21,23H2,1,3-4H3,(H,42,48)/t30-,32+/m0/s1. The molecule has 1 N–H and O–H groups in total. The van der Waals surface area contributed by atoms with Crippen molar-refractivity contribution < 1.29 is 27.2 Å². The Balaban J connectivity index is 1.66. The Morgan fingerprint density at radius 1 is 1.00 bits per heavy atom. The molecule has 4 aromatic rings. The number of fused-ring (bicyclic) bond motifs is 1. The van der Waals surface area contributed by atoms with Crippen LogP contribution in [0.5, 0.6) is 0 Å². The Morgan fingerprint density at radius 3 is 2.33 bits per heavy atom. The number of anilines is 1. The molecule has 49 heavy (non-hydrogen) atoms. The largest absolute Gasteiger partial charge is 0.416 e. The number of alkyl halides is 3. The Bertz CT molecular complexity index is 1820. The number of benzene rings is 3. The van der Waals surface area contributed by atoms with Gasteiger partial charge in [0.25, 0.3) is 11.8 Å². The molecule has 0 aliphatic carbocycles. The van der Waals surface area contributed by atoms with E-state index in [4.69, 9.17) is 11.7 Å². The van der Waals surface area contributed by atoms with E-state index in [2.05, 4.69) is 15.2 Å². The van der Waals surface area contributed by atoms with Gasteiger partial charge in [0.1, 0.15) is 24.2 Å². The van der Waals surface area contributed by atoms with Gasteiger partial charge < -0.3 is 10.2 Å². The topological polar surface area (TPSA) is 78.1 Å². The molecular formula is C36H37F4N7O2. The van der Waals surface area contributed by atoms with Gasteiger partial charge >= 0.3 is 6.18 Å². The van der Waals surface area contributed by atoms with Crippen LogP contribution in [0.4, 0.5) is 23.4 Å². The number of para-hydroxylation sites is 1. The Morgan fingerprint density at radius 2 is 1.69 bits per heavy atom. The van der Waals surface area contributed by atoms with E-state index in [1.807, 2.05) is 44.4 Å². The van der Waals surface area contributed by atoms with Gasteiger partial charge in [-0.15, -0.1) is 5.01 Å². The summed E-state index contributed by atoms with van der Waals surface area (Å²) in [7, 11) is 3.96. The van der Waals surface area contributed by atoms with E-state index in [0.29, 0.717) is 34.9 Å². The molecule has 2 atom stereocenters. The first kappa shape index (κ1) is 35.1. The number of amides is 2. The predicted molar refractivity (Wildman–Crippen MR) is 177 cm³/mol. The molecular weight excluding hydrogens is 638 g/mol. The summed E-state index contributed by atoms with van der Waals surface area (Å²) in [4.78, 5) is 35.3. The molecule has 0 saturated heterocycles. The number of hydrogen-bond donors (Lipinski definition) is 1. The third kappa shape index (κ3) is 7.76. The number of unbranched alkanes of at least 4 members (excludes halogenated alkanes) is 1. The highest BCUT2D eigenvalue weighted by Crippen LogP contribution is 2.44. The van der Waals surface area contributed by atoms with Crippen molar-refractivity contribution in [1.82, 2.24) is 25.0 Å². The number of carbonyl (C=O) groups is 2. The minimum Gasteiger partial charge on any atom is -0.339 e. The van der Waals surface area contributed by atoms with Crippen molar-refractivity contribution in [2.75, 3.05) is 38.6 Å². The molecule has 2 amide bonds. The van der Waals surface area contributed by atoms with Gasteiger partial charge in [0.15, 0.2) is 0 Å². The van der Waals surface area contributed by atoms with E-state index in [0.717, 1.165) is 37.6 Å². The lowest BCUT2D eigenvalue weighted by Crippen LogP contribution is -2.55. The summed E-state index contributed by atoms with van der Waals surface area (Å²) in [6.45, 7) is 11.3. The molecule has 0 spiro atoms. The monoisotopic (exact) mass is 675 g/mol. The van der Waals surface area contributed by atoms with Gasteiger partial charge in [-0.3, -0.25) is 14.5 Å². The van der Waals surface area contributed by atoms with Crippen LogP contribution in [0.3, 0.4) is 0 Å². The number of halogens is 4. The van der Waals surface area contributed by atoms with Crippen molar-refractivity contribution in [2.45, 2.75) is 44.4 Å². The molecule has 0 bridgehead atoms. The molecule has 0 saturated carbocycles. The maximum Gasteiger partial charge on any atom is 0.416 e. The number of nitrogens with zero attached hydrogens (tertiary/aromatic N) is 6. The maximum absolute atomic E-state index is 14.4. The van der Waals surface area contributed by atoms with Gasteiger partial charge in [-0.1, -0.05) is 36.4 Å². The lowest BCUT2D eigenvalue weighted by Gasteiger charge is -2.38. The number of nitrogens with one attached hydrogen (secondary N) is 1. The van der Waals surface area contributed by atoms with E-state index in [1.54, 1.807) is 16.6 Å².